The predicted molar refractivity (Wildman–Crippen MR) is 121 cm³/mol. The zero-order valence-electron chi connectivity index (χ0n) is 17.5. The van der Waals surface area contributed by atoms with Gasteiger partial charge in [0.15, 0.2) is 15.5 Å². The number of rotatable bonds is 5. The molecule has 0 aliphatic carbocycles. The van der Waals surface area contributed by atoms with Crippen molar-refractivity contribution in [2.45, 2.75) is 16.7 Å². The molecule has 0 atom stereocenters. The second-order valence-electron chi connectivity index (χ2n) is 7.54. The van der Waals surface area contributed by atoms with Crippen molar-refractivity contribution in [2.75, 3.05) is 32.4 Å². The number of carbonyl (C=O) groups excluding carboxylic acids is 1. The van der Waals surface area contributed by atoms with Gasteiger partial charge in [-0.15, -0.1) is 11.3 Å². The zero-order chi connectivity index (χ0) is 23.1. The molecular formula is C20H22N4O5S3. The fourth-order valence-electron chi connectivity index (χ4n) is 3.51. The van der Waals surface area contributed by atoms with E-state index in [0.717, 1.165) is 16.8 Å². The van der Waals surface area contributed by atoms with Crippen molar-refractivity contribution in [1.82, 2.24) is 19.4 Å². The summed E-state index contributed by atoms with van der Waals surface area (Å²) in [5.74, 6) is -0.267. The highest BCUT2D eigenvalue weighted by atomic mass is 32.2. The number of amides is 1. The van der Waals surface area contributed by atoms with Crippen LogP contribution in [0.5, 0.6) is 0 Å². The Morgan fingerprint density at radius 2 is 1.78 bits per heavy atom. The molecule has 1 fully saturated rings. The molecule has 3 aromatic rings. The largest absolute Gasteiger partial charge is 0.335 e. The molecule has 32 heavy (non-hydrogen) atoms. The second kappa shape index (κ2) is 8.43. The smallest absolute Gasteiger partial charge is 0.274 e. The molecule has 1 amide bonds. The van der Waals surface area contributed by atoms with Gasteiger partial charge >= 0.3 is 0 Å². The van der Waals surface area contributed by atoms with Crippen LogP contribution < -0.4 is 0 Å². The maximum absolute atomic E-state index is 13.2. The molecule has 1 aliphatic rings. The first kappa shape index (κ1) is 22.6. The van der Waals surface area contributed by atoms with E-state index >= 15 is 0 Å². The van der Waals surface area contributed by atoms with E-state index in [1.54, 1.807) is 17.9 Å². The third-order valence-electron chi connectivity index (χ3n) is 5.32. The second-order valence-corrected chi connectivity index (χ2v) is 12.4. The van der Waals surface area contributed by atoms with Crippen LogP contribution in [-0.4, -0.2) is 74.6 Å². The predicted octanol–water partition coefficient (Wildman–Crippen LogP) is 2.00. The minimum atomic E-state index is -3.90. The summed E-state index contributed by atoms with van der Waals surface area (Å²) in [6.45, 7) is 2.27. The number of aromatic nitrogens is 2. The van der Waals surface area contributed by atoms with E-state index in [2.05, 4.69) is 10.2 Å². The van der Waals surface area contributed by atoms with Crippen LogP contribution in [0.3, 0.4) is 0 Å². The molecule has 1 aliphatic heterocycles. The van der Waals surface area contributed by atoms with Gasteiger partial charge in [0.1, 0.15) is 0 Å². The molecule has 4 rings (SSSR count). The molecule has 0 spiro atoms. The van der Waals surface area contributed by atoms with Gasteiger partial charge in [-0.3, -0.25) is 9.89 Å². The number of sulfonamides is 1. The Hall–Kier alpha value is -2.54. The Morgan fingerprint density at radius 3 is 2.41 bits per heavy atom. The number of hydrogen-bond donors (Lipinski definition) is 1. The number of nitrogens with one attached hydrogen (secondary N) is 1. The molecule has 1 N–H and O–H groups in total. The molecule has 9 nitrogen and oxygen atoms in total. The van der Waals surface area contributed by atoms with E-state index < -0.39 is 19.9 Å². The van der Waals surface area contributed by atoms with Crippen LogP contribution in [0.2, 0.25) is 0 Å². The molecular weight excluding hydrogens is 472 g/mol. The van der Waals surface area contributed by atoms with E-state index in [1.807, 2.05) is 17.5 Å². The number of H-pyrrole nitrogens is 1. The maximum Gasteiger partial charge on any atom is 0.274 e. The fraction of sp³-hybridized carbons (Fsp3) is 0.300. The molecule has 1 aromatic carbocycles. The summed E-state index contributed by atoms with van der Waals surface area (Å²) < 4.78 is 51.4. The van der Waals surface area contributed by atoms with Crippen molar-refractivity contribution in [3.05, 3.63) is 53.0 Å². The van der Waals surface area contributed by atoms with Crippen molar-refractivity contribution in [2.24, 2.45) is 0 Å². The summed E-state index contributed by atoms with van der Waals surface area (Å²) in [4.78, 5) is 15.3. The van der Waals surface area contributed by atoms with Gasteiger partial charge in [0.05, 0.1) is 20.4 Å². The van der Waals surface area contributed by atoms with Crippen LogP contribution in [0.25, 0.3) is 10.6 Å². The van der Waals surface area contributed by atoms with Crippen LogP contribution in [-0.2, 0) is 19.9 Å². The van der Waals surface area contributed by atoms with Crippen molar-refractivity contribution in [3.8, 4) is 10.6 Å². The van der Waals surface area contributed by atoms with Crippen molar-refractivity contribution < 1.29 is 21.6 Å². The Kier molecular flexibility index (Phi) is 5.96. The highest BCUT2D eigenvalue weighted by Gasteiger charge is 2.32. The van der Waals surface area contributed by atoms with Crippen LogP contribution in [0, 0.1) is 6.92 Å². The summed E-state index contributed by atoms with van der Waals surface area (Å²) in [6, 6.07) is 9.62. The number of aromatic amines is 1. The molecule has 2 aromatic heterocycles. The number of nitrogens with zero attached hydrogens (tertiary/aromatic N) is 3. The lowest BCUT2D eigenvalue weighted by Crippen LogP contribution is -2.50. The normalized spacial score (nSPS) is 15.8. The number of thiophene rings is 1. The minimum absolute atomic E-state index is 0.0342. The van der Waals surface area contributed by atoms with Gasteiger partial charge in [-0.05, 0) is 42.1 Å². The van der Waals surface area contributed by atoms with Gasteiger partial charge in [-0.25, -0.2) is 16.8 Å². The monoisotopic (exact) mass is 494 g/mol. The van der Waals surface area contributed by atoms with Crippen molar-refractivity contribution in [3.63, 3.8) is 0 Å². The van der Waals surface area contributed by atoms with Gasteiger partial charge < -0.3 is 4.90 Å². The SMILES string of the molecule is Cc1ccc(S(C)(=O)=O)cc1S(=O)(=O)N1CCN(C(=O)c2cc(-c3cccs3)[nH]n2)CC1. The summed E-state index contributed by atoms with van der Waals surface area (Å²) in [6.07, 6.45) is 1.04. The molecule has 0 bridgehead atoms. The summed E-state index contributed by atoms with van der Waals surface area (Å²) in [7, 11) is -7.45. The Bertz CT molecular complexity index is 1350. The first-order valence-corrected chi connectivity index (χ1v) is 14.0. The molecule has 12 heteroatoms. The van der Waals surface area contributed by atoms with Gasteiger partial charge in [-0.2, -0.15) is 9.40 Å². The topological polar surface area (TPSA) is 121 Å². The average molecular weight is 495 g/mol. The van der Waals surface area contributed by atoms with Gasteiger partial charge in [0, 0.05) is 32.4 Å². The van der Waals surface area contributed by atoms with E-state index in [1.165, 1.54) is 33.8 Å². The molecule has 0 radical (unpaired) electrons. The maximum atomic E-state index is 13.2. The Balaban J connectivity index is 1.48. The van der Waals surface area contributed by atoms with E-state index in [-0.39, 0.29) is 47.6 Å². The first-order chi connectivity index (χ1) is 15.1. The molecule has 0 saturated carbocycles. The molecule has 0 unspecified atom stereocenters. The van der Waals surface area contributed by atoms with Gasteiger partial charge in [0.25, 0.3) is 5.91 Å². The third kappa shape index (κ3) is 4.35. The van der Waals surface area contributed by atoms with Crippen LogP contribution in [0.1, 0.15) is 16.1 Å². The van der Waals surface area contributed by atoms with Crippen LogP contribution >= 0.6 is 11.3 Å². The van der Waals surface area contributed by atoms with Crippen molar-refractivity contribution >= 4 is 37.1 Å². The fourth-order valence-corrected chi connectivity index (χ4v) is 6.60. The van der Waals surface area contributed by atoms with E-state index in [9.17, 15) is 21.6 Å². The zero-order valence-corrected chi connectivity index (χ0v) is 19.9. The summed E-state index contributed by atoms with van der Waals surface area (Å²) >= 11 is 1.53. The molecule has 1 saturated heterocycles. The average Bonchev–Trinajstić information content (AvgIpc) is 3.44. The number of piperazine rings is 1. The number of hydrogen-bond acceptors (Lipinski definition) is 7. The van der Waals surface area contributed by atoms with Crippen molar-refractivity contribution in [1.29, 1.82) is 0 Å². The van der Waals surface area contributed by atoms with E-state index in [0.29, 0.717) is 5.56 Å². The Morgan fingerprint density at radius 1 is 1.06 bits per heavy atom. The van der Waals surface area contributed by atoms with Crippen LogP contribution in [0.15, 0.2) is 51.6 Å². The summed E-state index contributed by atoms with van der Waals surface area (Å²) in [5.41, 5.74) is 1.50. The first-order valence-electron chi connectivity index (χ1n) is 9.77. The van der Waals surface area contributed by atoms with Gasteiger partial charge in [-0.1, -0.05) is 12.1 Å². The molecule has 3 heterocycles. The van der Waals surface area contributed by atoms with Crippen LogP contribution in [0.4, 0.5) is 0 Å². The lowest BCUT2D eigenvalue weighted by atomic mass is 10.2. The number of benzene rings is 1. The standard InChI is InChI=1S/C20H22N4O5S3/c1-14-5-6-15(31(2,26)27)12-19(14)32(28,29)24-9-7-23(8-10-24)20(25)17-13-16(21-22-17)18-4-3-11-30-18/h3-6,11-13H,7-10H2,1-2H3,(H,21,22). The lowest BCUT2D eigenvalue weighted by Gasteiger charge is -2.34. The quantitative estimate of drug-likeness (QED) is 0.579. The van der Waals surface area contributed by atoms with Gasteiger partial charge in [0.2, 0.25) is 10.0 Å². The number of aryl methyl sites for hydroxylation is 1. The molecule has 170 valence electrons. The number of carbonyl (C=O) groups is 1. The lowest BCUT2D eigenvalue weighted by molar-refractivity contribution is 0.0692. The number of sulfone groups is 1. The Labute approximate surface area is 190 Å². The minimum Gasteiger partial charge on any atom is -0.335 e. The summed E-state index contributed by atoms with van der Waals surface area (Å²) in [5, 5.41) is 8.91. The highest BCUT2D eigenvalue weighted by molar-refractivity contribution is 7.91. The highest BCUT2D eigenvalue weighted by Crippen LogP contribution is 2.26. The van der Waals surface area contributed by atoms with E-state index in [4.69, 9.17) is 0 Å². The third-order valence-corrected chi connectivity index (χ3v) is 9.37.